The summed E-state index contributed by atoms with van der Waals surface area (Å²) in [5, 5.41) is 4.11. The number of anilines is 1. The van der Waals surface area contributed by atoms with Crippen molar-refractivity contribution in [3.63, 3.8) is 0 Å². The summed E-state index contributed by atoms with van der Waals surface area (Å²) in [5.41, 5.74) is 2.05. The van der Waals surface area contributed by atoms with E-state index in [0.29, 0.717) is 24.8 Å². The summed E-state index contributed by atoms with van der Waals surface area (Å²) in [7, 11) is 0. The van der Waals surface area contributed by atoms with Gasteiger partial charge in [-0.05, 0) is 17.9 Å². The SMILES string of the molecule is C[C@H](Cc1cc(C(=O)N2CCN(c3cnccn3)CC2)on1)c1ccccc1. The molecule has 1 saturated heterocycles. The van der Waals surface area contributed by atoms with Crippen molar-refractivity contribution in [2.24, 2.45) is 0 Å². The first kappa shape index (κ1) is 18.2. The molecule has 1 aliphatic heterocycles. The Labute approximate surface area is 164 Å². The van der Waals surface area contributed by atoms with Crippen molar-refractivity contribution < 1.29 is 9.32 Å². The lowest BCUT2D eigenvalue weighted by molar-refractivity contribution is 0.0704. The number of rotatable bonds is 5. The van der Waals surface area contributed by atoms with Crippen molar-refractivity contribution in [3.05, 3.63) is 72.0 Å². The zero-order valence-electron chi connectivity index (χ0n) is 15.9. The van der Waals surface area contributed by atoms with Gasteiger partial charge in [-0.25, -0.2) is 4.98 Å². The number of hydrogen-bond acceptors (Lipinski definition) is 6. The Bertz CT molecular complexity index is 905. The van der Waals surface area contributed by atoms with Crippen LogP contribution in [0, 0.1) is 0 Å². The maximum atomic E-state index is 12.8. The lowest BCUT2D eigenvalue weighted by Crippen LogP contribution is -2.49. The zero-order chi connectivity index (χ0) is 19.3. The number of amides is 1. The molecule has 7 heteroatoms. The standard InChI is InChI=1S/C21H23N5O2/c1-16(17-5-3-2-4-6-17)13-18-14-19(28-24-18)21(27)26-11-9-25(10-12-26)20-15-22-7-8-23-20/h2-8,14-16H,9-13H2,1H3/t16-/m1/s1. The smallest absolute Gasteiger partial charge is 0.292 e. The van der Waals surface area contributed by atoms with E-state index in [4.69, 9.17) is 4.52 Å². The largest absolute Gasteiger partial charge is 0.352 e. The van der Waals surface area contributed by atoms with Crippen LogP contribution in [0.25, 0.3) is 0 Å². The summed E-state index contributed by atoms with van der Waals surface area (Å²) in [4.78, 5) is 25.1. The lowest BCUT2D eigenvalue weighted by atomic mass is 9.96. The van der Waals surface area contributed by atoms with Gasteiger partial charge in [-0.15, -0.1) is 0 Å². The van der Waals surface area contributed by atoms with E-state index < -0.39 is 0 Å². The van der Waals surface area contributed by atoms with Crippen LogP contribution in [0.3, 0.4) is 0 Å². The van der Waals surface area contributed by atoms with Crippen LogP contribution >= 0.6 is 0 Å². The topological polar surface area (TPSA) is 75.4 Å². The first-order valence-corrected chi connectivity index (χ1v) is 9.51. The molecule has 0 saturated carbocycles. The Morgan fingerprint density at radius 1 is 1.14 bits per heavy atom. The third-order valence-corrected chi connectivity index (χ3v) is 5.09. The highest BCUT2D eigenvalue weighted by Gasteiger charge is 2.26. The number of benzene rings is 1. The van der Waals surface area contributed by atoms with Gasteiger partial charge in [-0.3, -0.25) is 9.78 Å². The van der Waals surface area contributed by atoms with Gasteiger partial charge < -0.3 is 14.3 Å². The molecule has 7 nitrogen and oxygen atoms in total. The second-order valence-corrected chi connectivity index (χ2v) is 7.04. The second-order valence-electron chi connectivity index (χ2n) is 7.04. The number of carbonyl (C=O) groups is 1. The van der Waals surface area contributed by atoms with Gasteiger partial charge in [0.2, 0.25) is 5.76 Å². The molecular weight excluding hydrogens is 354 g/mol. The van der Waals surface area contributed by atoms with E-state index in [0.717, 1.165) is 31.0 Å². The first-order valence-electron chi connectivity index (χ1n) is 9.51. The summed E-state index contributed by atoms with van der Waals surface area (Å²) in [6, 6.07) is 12.1. The van der Waals surface area contributed by atoms with Crippen molar-refractivity contribution in [2.45, 2.75) is 19.3 Å². The minimum atomic E-state index is -0.107. The maximum absolute atomic E-state index is 12.8. The van der Waals surface area contributed by atoms with Gasteiger partial charge in [0, 0.05) is 44.6 Å². The summed E-state index contributed by atoms with van der Waals surface area (Å²) in [6.45, 7) is 4.82. The molecule has 0 unspecified atom stereocenters. The molecule has 1 fully saturated rings. The number of carbonyl (C=O) groups excluding carboxylic acids is 1. The molecular formula is C21H23N5O2. The van der Waals surface area contributed by atoms with Crippen molar-refractivity contribution in [1.82, 2.24) is 20.0 Å². The average molecular weight is 377 g/mol. The molecule has 0 bridgehead atoms. The van der Waals surface area contributed by atoms with E-state index in [1.165, 1.54) is 5.56 Å². The third kappa shape index (κ3) is 4.03. The Hall–Kier alpha value is -3.22. The van der Waals surface area contributed by atoms with Crippen LogP contribution in [0.2, 0.25) is 0 Å². The van der Waals surface area contributed by atoms with Crippen LogP contribution in [-0.2, 0) is 6.42 Å². The van der Waals surface area contributed by atoms with Crippen molar-refractivity contribution in [3.8, 4) is 0 Å². The van der Waals surface area contributed by atoms with Crippen molar-refractivity contribution >= 4 is 11.7 Å². The quantitative estimate of drug-likeness (QED) is 0.681. The summed E-state index contributed by atoms with van der Waals surface area (Å²) in [6.07, 6.45) is 5.82. The van der Waals surface area contributed by atoms with E-state index in [9.17, 15) is 4.79 Å². The molecule has 144 valence electrons. The monoisotopic (exact) mass is 377 g/mol. The van der Waals surface area contributed by atoms with E-state index in [-0.39, 0.29) is 5.91 Å². The van der Waals surface area contributed by atoms with Gasteiger partial charge >= 0.3 is 0 Å². The Balaban J connectivity index is 1.35. The molecule has 4 rings (SSSR count). The van der Waals surface area contributed by atoms with E-state index >= 15 is 0 Å². The Morgan fingerprint density at radius 3 is 2.64 bits per heavy atom. The number of hydrogen-bond donors (Lipinski definition) is 0. The summed E-state index contributed by atoms with van der Waals surface area (Å²) in [5.74, 6) is 1.35. The zero-order valence-corrected chi connectivity index (χ0v) is 15.9. The Kier molecular flexibility index (Phi) is 5.32. The molecule has 0 aliphatic carbocycles. The van der Waals surface area contributed by atoms with Gasteiger partial charge in [-0.1, -0.05) is 42.4 Å². The number of piperazine rings is 1. The van der Waals surface area contributed by atoms with Gasteiger partial charge in [0.15, 0.2) is 0 Å². The van der Waals surface area contributed by atoms with Crippen molar-refractivity contribution in [1.29, 1.82) is 0 Å². The van der Waals surface area contributed by atoms with Crippen LogP contribution in [0.15, 0.2) is 59.5 Å². The molecule has 3 heterocycles. The third-order valence-electron chi connectivity index (χ3n) is 5.09. The van der Waals surface area contributed by atoms with Crippen LogP contribution in [0.5, 0.6) is 0 Å². The fourth-order valence-corrected chi connectivity index (χ4v) is 3.47. The molecule has 3 aromatic rings. The summed E-state index contributed by atoms with van der Waals surface area (Å²) < 4.78 is 5.35. The number of aromatic nitrogens is 3. The molecule has 1 amide bonds. The summed E-state index contributed by atoms with van der Waals surface area (Å²) >= 11 is 0. The van der Waals surface area contributed by atoms with Gasteiger partial charge in [0.1, 0.15) is 5.82 Å². The van der Waals surface area contributed by atoms with Crippen LogP contribution < -0.4 is 4.90 Å². The molecule has 1 aliphatic rings. The predicted octanol–water partition coefficient (Wildman–Crippen LogP) is 2.77. The van der Waals surface area contributed by atoms with Gasteiger partial charge in [-0.2, -0.15) is 0 Å². The molecule has 0 radical (unpaired) electrons. The molecule has 1 atom stereocenters. The van der Waals surface area contributed by atoms with Crippen molar-refractivity contribution in [2.75, 3.05) is 31.1 Å². The average Bonchev–Trinajstić information content (AvgIpc) is 3.23. The van der Waals surface area contributed by atoms with Crippen LogP contribution in [0.4, 0.5) is 5.82 Å². The molecule has 1 aromatic carbocycles. The van der Waals surface area contributed by atoms with Crippen LogP contribution in [-0.4, -0.2) is 52.1 Å². The highest BCUT2D eigenvalue weighted by Crippen LogP contribution is 2.21. The minimum Gasteiger partial charge on any atom is -0.352 e. The van der Waals surface area contributed by atoms with E-state index in [1.54, 1.807) is 29.6 Å². The minimum absolute atomic E-state index is 0.107. The van der Waals surface area contributed by atoms with Gasteiger partial charge in [0.25, 0.3) is 5.91 Å². The number of nitrogens with zero attached hydrogens (tertiary/aromatic N) is 5. The second kappa shape index (κ2) is 8.21. The first-order chi connectivity index (χ1) is 13.7. The molecule has 2 aromatic heterocycles. The van der Waals surface area contributed by atoms with Gasteiger partial charge in [0.05, 0.1) is 11.9 Å². The van der Waals surface area contributed by atoms with E-state index in [2.05, 4.69) is 39.1 Å². The molecule has 28 heavy (non-hydrogen) atoms. The fourth-order valence-electron chi connectivity index (χ4n) is 3.47. The highest BCUT2D eigenvalue weighted by atomic mass is 16.5. The molecule has 0 spiro atoms. The highest BCUT2D eigenvalue weighted by molar-refractivity contribution is 5.91. The maximum Gasteiger partial charge on any atom is 0.292 e. The fraction of sp³-hybridized carbons (Fsp3) is 0.333. The Morgan fingerprint density at radius 2 is 1.93 bits per heavy atom. The van der Waals surface area contributed by atoms with Crippen LogP contribution in [0.1, 0.15) is 34.7 Å². The van der Waals surface area contributed by atoms with E-state index in [1.807, 2.05) is 18.2 Å². The predicted molar refractivity (Wildman–Crippen MR) is 105 cm³/mol. The normalized spacial score (nSPS) is 15.5. The molecule has 0 N–H and O–H groups in total. The lowest BCUT2D eigenvalue weighted by Gasteiger charge is -2.34.